The van der Waals surface area contributed by atoms with E-state index in [1.54, 1.807) is 43.0 Å². The molecular formula is C31H29F3N3O7S+. The average molecular weight is 645 g/mol. The molecule has 1 fully saturated rings. The fourth-order valence-electron chi connectivity index (χ4n) is 4.84. The Morgan fingerprint density at radius 1 is 0.956 bits per heavy atom. The van der Waals surface area contributed by atoms with Crippen LogP contribution >= 0.6 is 0 Å². The lowest BCUT2D eigenvalue weighted by molar-refractivity contribution is -0.142. The second kappa shape index (κ2) is 14.0. The van der Waals surface area contributed by atoms with Gasteiger partial charge in [0.25, 0.3) is 5.91 Å². The SMILES string of the molecule is CC1(C)C(=O)N(c2ccc(C#N)c(C(F)(F)F)c2)C([S+]=O)N1c1ccc(-c2ccc(OCCOCCOCC(=O)O)cc2)cc1. The minimum Gasteiger partial charge on any atom is -0.491 e. The van der Waals surface area contributed by atoms with Gasteiger partial charge in [0, 0.05) is 9.90 Å². The number of aliphatic carboxylic acids is 1. The van der Waals surface area contributed by atoms with Crippen molar-refractivity contribution in [3.05, 3.63) is 77.9 Å². The van der Waals surface area contributed by atoms with E-state index >= 15 is 0 Å². The van der Waals surface area contributed by atoms with Crippen molar-refractivity contribution in [3.8, 4) is 22.9 Å². The van der Waals surface area contributed by atoms with E-state index in [1.807, 2.05) is 24.3 Å². The van der Waals surface area contributed by atoms with Crippen LogP contribution in [0.1, 0.15) is 25.0 Å². The third-order valence-corrected chi connectivity index (χ3v) is 7.60. The third-order valence-electron chi connectivity index (χ3n) is 7.01. The maximum atomic E-state index is 13.6. The number of carboxylic acids is 1. The van der Waals surface area contributed by atoms with E-state index in [1.165, 1.54) is 12.1 Å². The molecule has 1 unspecified atom stereocenters. The van der Waals surface area contributed by atoms with Gasteiger partial charge in [0.15, 0.2) is 0 Å². The summed E-state index contributed by atoms with van der Waals surface area (Å²) in [5.41, 5.74) is -2.14. The minimum absolute atomic E-state index is 0.0679. The number of hydrogen-bond donors (Lipinski definition) is 1. The summed E-state index contributed by atoms with van der Waals surface area (Å²) in [6.07, 6.45) is -4.82. The first-order valence-electron chi connectivity index (χ1n) is 13.6. The van der Waals surface area contributed by atoms with E-state index in [9.17, 15) is 27.0 Å². The van der Waals surface area contributed by atoms with Crippen molar-refractivity contribution in [2.45, 2.75) is 31.1 Å². The second-order valence-corrected chi connectivity index (χ2v) is 11.0. The van der Waals surface area contributed by atoms with Gasteiger partial charge in [0.2, 0.25) is 0 Å². The van der Waals surface area contributed by atoms with Gasteiger partial charge >= 0.3 is 29.3 Å². The number of halogens is 3. The van der Waals surface area contributed by atoms with Gasteiger partial charge in [-0.2, -0.15) is 18.4 Å². The van der Waals surface area contributed by atoms with Crippen LogP contribution in [0.2, 0.25) is 0 Å². The van der Waals surface area contributed by atoms with Crippen LogP contribution < -0.4 is 14.5 Å². The Kier molecular flexibility index (Phi) is 10.4. The standard InChI is InChI=1S/C31H28F3N3O7S/c1-30(2)28(40)36(24-10-5-22(18-35)26(17-24)31(32,33)34)29(45-41)37(30)23-8-3-20(4-9-23)21-6-11-25(12-7-21)44-16-15-42-13-14-43-19-27(38)39/h3-12,17,29H,13-16,19H2,1-2H3/p+1. The first-order valence-corrected chi connectivity index (χ1v) is 14.4. The molecule has 14 heteroatoms. The van der Waals surface area contributed by atoms with Crippen molar-refractivity contribution in [1.29, 1.82) is 5.26 Å². The molecule has 3 aromatic rings. The van der Waals surface area contributed by atoms with Gasteiger partial charge in [-0.15, -0.1) is 0 Å². The zero-order valence-electron chi connectivity index (χ0n) is 24.2. The van der Waals surface area contributed by atoms with E-state index in [4.69, 9.17) is 24.6 Å². The average Bonchev–Trinajstić information content (AvgIpc) is 3.22. The van der Waals surface area contributed by atoms with Gasteiger partial charge in [-0.1, -0.05) is 24.3 Å². The fraction of sp³-hybridized carbons (Fsp3) is 0.323. The Morgan fingerprint density at radius 2 is 1.53 bits per heavy atom. The summed E-state index contributed by atoms with van der Waals surface area (Å²) in [4.78, 5) is 26.5. The quantitative estimate of drug-likeness (QED) is 0.200. The number of carboxylic acid groups (broad SMARTS) is 1. The van der Waals surface area contributed by atoms with Gasteiger partial charge in [-0.25, -0.2) is 9.69 Å². The Morgan fingerprint density at radius 3 is 2.11 bits per heavy atom. The molecule has 1 N–H and O–H groups in total. The lowest BCUT2D eigenvalue weighted by Gasteiger charge is -2.28. The first-order chi connectivity index (χ1) is 21.4. The third kappa shape index (κ3) is 7.56. The number of anilines is 2. The molecule has 0 radical (unpaired) electrons. The summed E-state index contributed by atoms with van der Waals surface area (Å²) in [7, 11) is 0. The monoisotopic (exact) mass is 644 g/mol. The minimum atomic E-state index is -4.82. The lowest BCUT2D eigenvalue weighted by atomic mass is 10.0. The molecule has 1 heterocycles. The van der Waals surface area contributed by atoms with Gasteiger partial charge in [-0.3, -0.25) is 9.69 Å². The summed E-state index contributed by atoms with van der Waals surface area (Å²) in [6, 6.07) is 18.9. The predicted molar refractivity (Wildman–Crippen MR) is 159 cm³/mol. The molecule has 1 aliphatic rings. The summed E-state index contributed by atoms with van der Waals surface area (Å²) in [5.74, 6) is -0.992. The van der Waals surface area contributed by atoms with Crippen LogP contribution in [0.4, 0.5) is 24.5 Å². The van der Waals surface area contributed by atoms with Gasteiger partial charge in [0.1, 0.15) is 24.5 Å². The van der Waals surface area contributed by atoms with E-state index in [0.29, 0.717) is 18.0 Å². The normalized spacial score (nSPS) is 16.0. The zero-order chi connectivity index (χ0) is 32.8. The molecule has 1 aliphatic heterocycles. The molecule has 10 nitrogen and oxygen atoms in total. The Hall–Kier alpha value is -4.58. The number of benzene rings is 3. The van der Waals surface area contributed by atoms with E-state index in [0.717, 1.165) is 28.2 Å². The van der Waals surface area contributed by atoms with E-state index < -0.39 is 40.2 Å². The molecule has 45 heavy (non-hydrogen) atoms. The van der Waals surface area contributed by atoms with Crippen LogP contribution in [0, 0.1) is 11.3 Å². The Bertz CT molecular complexity index is 1580. The Balaban J connectivity index is 1.45. The number of alkyl halides is 3. The molecule has 0 bridgehead atoms. The van der Waals surface area contributed by atoms with Crippen LogP contribution in [0.5, 0.6) is 5.75 Å². The molecule has 1 saturated heterocycles. The van der Waals surface area contributed by atoms with Crippen LogP contribution in [0.15, 0.2) is 66.7 Å². The maximum Gasteiger partial charge on any atom is 0.511 e. The van der Waals surface area contributed by atoms with Crippen molar-refractivity contribution in [2.24, 2.45) is 0 Å². The number of nitrogens with zero attached hydrogens (tertiary/aromatic N) is 3. The van der Waals surface area contributed by atoms with Crippen LogP contribution in [-0.4, -0.2) is 61.1 Å². The van der Waals surface area contributed by atoms with E-state index in [-0.39, 0.29) is 43.8 Å². The molecular weight excluding hydrogens is 615 g/mol. The molecule has 1 atom stereocenters. The highest BCUT2D eigenvalue weighted by molar-refractivity contribution is 7.66. The van der Waals surface area contributed by atoms with Crippen molar-refractivity contribution in [3.63, 3.8) is 0 Å². The van der Waals surface area contributed by atoms with Crippen LogP contribution in [-0.2, 0) is 41.1 Å². The number of carbonyl (C=O) groups excluding carboxylic acids is 1. The highest BCUT2D eigenvalue weighted by Gasteiger charge is 2.59. The molecule has 4 rings (SSSR count). The number of ether oxygens (including phenoxy) is 3. The van der Waals surface area contributed by atoms with Crippen molar-refractivity contribution < 1.29 is 46.3 Å². The van der Waals surface area contributed by atoms with Gasteiger partial charge in [0.05, 0.1) is 42.7 Å². The highest BCUT2D eigenvalue weighted by Crippen LogP contribution is 2.41. The second-order valence-electron chi connectivity index (χ2n) is 10.3. The van der Waals surface area contributed by atoms with Crippen LogP contribution in [0.3, 0.4) is 0 Å². The topological polar surface area (TPSA) is 129 Å². The van der Waals surface area contributed by atoms with Crippen LogP contribution in [0.25, 0.3) is 11.1 Å². The fourth-order valence-corrected chi connectivity index (χ4v) is 5.62. The molecule has 0 saturated carbocycles. The summed E-state index contributed by atoms with van der Waals surface area (Å²) in [5, 5.41) is 17.7. The number of nitriles is 1. The molecule has 3 aromatic carbocycles. The highest BCUT2D eigenvalue weighted by atomic mass is 32.1. The first kappa shape index (κ1) is 33.3. The number of hydrogen-bond acceptors (Lipinski definition) is 8. The van der Waals surface area contributed by atoms with Crippen molar-refractivity contribution >= 4 is 34.9 Å². The molecule has 1 amide bonds. The maximum absolute atomic E-state index is 13.6. The Labute approximate surface area is 261 Å². The molecule has 236 valence electrons. The summed E-state index contributed by atoms with van der Waals surface area (Å²) >= 11 is 0.0679. The molecule has 0 aliphatic carbocycles. The smallest absolute Gasteiger partial charge is 0.491 e. The predicted octanol–water partition coefficient (Wildman–Crippen LogP) is 5.08. The molecule has 0 spiro atoms. The summed E-state index contributed by atoms with van der Waals surface area (Å²) < 4.78 is 69.2. The molecule has 0 aromatic heterocycles. The van der Waals surface area contributed by atoms with Gasteiger partial charge in [-0.05, 0) is 67.4 Å². The number of carbonyl (C=O) groups is 2. The largest absolute Gasteiger partial charge is 0.511 e. The summed E-state index contributed by atoms with van der Waals surface area (Å²) in [6.45, 7) is 3.81. The van der Waals surface area contributed by atoms with Gasteiger partial charge < -0.3 is 19.3 Å². The van der Waals surface area contributed by atoms with E-state index in [2.05, 4.69) is 0 Å². The number of rotatable bonds is 13. The number of amides is 1. The lowest BCUT2D eigenvalue weighted by Crippen LogP contribution is -2.46. The van der Waals surface area contributed by atoms with Crippen molar-refractivity contribution in [1.82, 2.24) is 0 Å². The zero-order valence-corrected chi connectivity index (χ0v) is 25.1. The van der Waals surface area contributed by atoms with Crippen molar-refractivity contribution in [2.75, 3.05) is 42.8 Å².